The minimum absolute atomic E-state index is 0.980. The lowest BCUT2D eigenvalue weighted by Crippen LogP contribution is -1.88. The summed E-state index contributed by atoms with van der Waals surface area (Å²) in [5.74, 6) is 0. The van der Waals surface area contributed by atoms with Crippen LogP contribution in [-0.4, -0.2) is 4.98 Å². The Kier molecular flexibility index (Phi) is 3.32. The molecule has 0 bridgehead atoms. The predicted octanol–water partition coefficient (Wildman–Crippen LogP) is 6.85. The summed E-state index contributed by atoms with van der Waals surface area (Å²) in [5, 5.41) is 7.50. The number of rotatable bonds is 2. The first kappa shape index (κ1) is 14.9. The first-order valence-electron chi connectivity index (χ1n) is 8.77. The van der Waals surface area contributed by atoms with Crippen LogP contribution in [-0.2, 0) is 0 Å². The molecule has 0 unspecified atom stereocenters. The Balaban J connectivity index is 1.86. The molecule has 0 atom stereocenters. The highest BCUT2D eigenvalue weighted by molar-refractivity contribution is 6.17. The van der Waals surface area contributed by atoms with Crippen molar-refractivity contribution in [3.63, 3.8) is 0 Å². The third-order valence-electron chi connectivity index (χ3n) is 5.08. The zero-order valence-corrected chi connectivity index (χ0v) is 14.3. The Morgan fingerprint density at radius 2 is 1.38 bits per heavy atom. The molecule has 0 fully saturated rings. The van der Waals surface area contributed by atoms with Crippen molar-refractivity contribution < 1.29 is 0 Å². The average molecular weight is 331 g/mol. The summed E-state index contributed by atoms with van der Waals surface area (Å²) in [5.41, 5.74) is 3.20. The fourth-order valence-electron chi connectivity index (χ4n) is 3.77. The van der Waals surface area contributed by atoms with Gasteiger partial charge in [0.1, 0.15) is 0 Å². The van der Waals surface area contributed by atoms with Crippen LogP contribution in [0.4, 0.5) is 0 Å². The van der Waals surface area contributed by atoms with Gasteiger partial charge < -0.3 is 0 Å². The van der Waals surface area contributed by atoms with Crippen molar-refractivity contribution in [1.82, 2.24) is 4.98 Å². The van der Waals surface area contributed by atoms with Crippen molar-refractivity contribution in [1.29, 1.82) is 0 Å². The van der Waals surface area contributed by atoms with Gasteiger partial charge in [-0.2, -0.15) is 0 Å². The van der Waals surface area contributed by atoms with Gasteiger partial charge in [0.15, 0.2) is 0 Å². The molecule has 4 aromatic carbocycles. The third-order valence-corrected chi connectivity index (χ3v) is 5.08. The fraction of sp³-hybridized carbons (Fsp3) is 0. The topological polar surface area (TPSA) is 12.9 Å². The van der Waals surface area contributed by atoms with Gasteiger partial charge in [0.2, 0.25) is 0 Å². The molecule has 1 nitrogen and oxygen atoms in total. The van der Waals surface area contributed by atoms with E-state index in [9.17, 15) is 0 Å². The summed E-state index contributed by atoms with van der Waals surface area (Å²) >= 11 is 0. The Bertz CT molecular complexity index is 1300. The van der Waals surface area contributed by atoms with E-state index >= 15 is 0 Å². The maximum Gasteiger partial charge on any atom is 0.0714 e. The standard InChI is InChI=1S/C25H17N/c1-2-17-7-3-6-10-21(17)25-15-24-19(16-26-25)12-14-22-20-9-5-4-8-18(20)11-13-23(22)24/h2-16H,1H2. The van der Waals surface area contributed by atoms with Gasteiger partial charge in [0.25, 0.3) is 0 Å². The maximum atomic E-state index is 4.71. The molecule has 0 spiro atoms. The summed E-state index contributed by atoms with van der Waals surface area (Å²) in [7, 11) is 0. The van der Waals surface area contributed by atoms with Crippen LogP contribution in [0, 0.1) is 0 Å². The first-order chi connectivity index (χ1) is 12.8. The van der Waals surface area contributed by atoms with Gasteiger partial charge in [-0.3, -0.25) is 4.98 Å². The number of hydrogen-bond donors (Lipinski definition) is 0. The molecule has 1 heteroatoms. The summed E-state index contributed by atoms with van der Waals surface area (Å²) in [4.78, 5) is 4.71. The minimum atomic E-state index is 0.980. The van der Waals surface area contributed by atoms with Crippen LogP contribution in [0.15, 0.2) is 91.6 Å². The predicted molar refractivity (Wildman–Crippen MR) is 112 cm³/mol. The summed E-state index contributed by atoms with van der Waals surface area (Å²) in [6.07, 6.45) is 3.86. The van der Waals surface area contributed by atoms with Crippen LogP contribution in [0.25, 0.3) is 49.7 Å². The molecule has 0 saturated carbocycles. The lowest BCUT2D eigenvalue weighted by Gasteiger charge is -2.10. The second kappa shape index (κ2) is 5.82. The highest BCUT2D eigenvalue weighted by Crippen LogP contribution is 2.33. The van der Waals surface area contributed by atoms with Crippen LogP contribution in [0.1, 0.15) is 5.56 Å². The Labute approximate surface area is 152 Å². The molecular formula is C25H17N. The van der Waals surface area contributed by atoms with Crippen LogP contribution in [0.2, 0.25) is 0 Å². The van der Waals surface area contributed by atoms with E-state index in [1.54, 1.807) is 0 Å². The van der Waals surface area contributed by atoms with Crippen LogP contribution < -0.4 is 0 Å². The smallest absolute Gasteiger partial charge is 0.0714 e. The van der Waals surface area contributed by atoms with Crippen LogP contribution in [0.5, 0.6) is 0 Å². The molecule has 5 aromatic rings. The van der Waals surface area contributed by atoms with Gasteiger partial charge in [-0.25, -0.2) is 0 Å². The SMILES string of the molecule is C=Cc1ccccc1-c1cc2c(ccc3c4ccccc4ccc23)cn1. The fourth-order valence-corrected chi connectivity index (χ4v) is 3.77. The molecule has 5 rings (SSSR count). The van der Waals surface area contributed by atoms with E-state index in [0.29, 0.717) is 0 Å². The van der Waals surface area contributed by atoms with Crippen molar-refractivity contribution in [3.8, 4) is 11.3 Å². The van der Waals surface area contributed by atoms with Gasteiger partial charge in [-0.1, -0.05) is 85.5 Å². The van der Waals surface area contributed by atoms with Crippen molar-refractivity contribution >= 4 is 38.4 Å². The molecule has 26 heavy (non-hydrogen) atoms. The molecule has 0 N–H and O–H groups in total. The molecule has 0 saturated heterocycles. The minimum Gasteiger partial charge on any atom is -0.256 e. The second-order valence-corrected chi connectivity index (χ2v) is 6.53. The Morgan fingerprint density at radius 3 is 2.27 bits per heavy atom. The van der Waals surface area contributed by atoms with Crippen molar-refractivity contribution in [2.24, 2.45) is 0 Å². The number of pyridine rings is 1. The number of aromatic nitrogens is 1. The lowest BCUT2D eigenvalue weighted by molar-refractivity contribution is 1.35. The van der Waals surface area contributed by atoms with E-state index < -0.39 is 0 Å². The Hall–Kier alpha value is -3.45. The first-order valence-corrected chi connectivity index (χ1v) is 8.77. The van der Waals surface area contributed by atoms with E-state index in [4.69, 9.17) is 4.98 Å². The molecule has 0 aliphatic carbocycles. The molecular weight excluding hydrogens is 314 g/mol. The normalized spacial score (nSPS) is 11.2. The third kappa shape index (κ3) is 2.21. The largest absolute Gasteiger partial charge is 0.256 e. The van der Waals surface area contributed by atoms with E-state index in [1.807, 2.05) is 24.4 Å². The molecule has 0 aliphatic heterocycles. The van der Waals surface area contributed by atoms with Gasteiger partial charge in [0.05, 0.1) is 5.69 Å². The van der Waals surface area contributed by atoms with Gasteiger partial charge >= 0.3 is 0 Å². The number of nitrogens with zero attached hydrogens (tertiary/aromatic N) is 1. The Morgan fingerprint density at radius 1 is 0.654 bits per heavy atom. The summed E-state index contributed by atoms with van der Waals surface area (Å²) in [6.45, 7) is 3.94. The second-order valence-electron chi connectivity index (χ2n) is 6.53. The molecule has 1 aromatic heterocycles. The maximum absolute atomic E-state index is 4.71. The zero-order valence-electron chi connectivity index (χ0n) is 14.3. The quantitative estimate of drug-likeness (QED) is 0.322. The monoisotopic (exact) mass is 331 g/mol. The highest BCUT2D eigenvalue weighted by atomic mass is 14.7. The zero-order chi connectivity index (χ0) is 17.5. The van der Waals surface area contributed by atoms with E-state index in [0.717, 1.165) is 22.2 Å². The average Bonchev–Trinajstić information content (AvgIpc) is 2.72. The summed E-state index contributed by atoms with van der Waals surface area (Å²) < 4.78 is 0. The van der Waals surface area contributed by atoms with Crippen molar-refractivity contribution in [2.75, 3.05) is 0 Å². The highest BCUT2D eigenvalue weighted by Gasteiger charge is 2.08. The van der Waals surface area contributed by atoms with Crippen molar-refractivity contribution in [3.05, 3.63) is 97.2 Å². The van der Waals surface area contributed by atoms with Gasteiger partial charge in [0, 0.05) is 17.1 Å². The van der Waals surface area contributed by atoms with Crippen LogP contribution >= 0.6 is 0 Å². The molecule has 0 radical (unpaired) electrons. The van der Waals surface area contributed by atoms with E-state index in [2.05, 4.69) is 73.3 Å². The number of benzene rings is 4. The molecule has 0 amide bonds. The molecule has 0 aliphatic rings. The van der Waals surface area contributed by atoms with Gasteiger partial charge in [-0.05, 0) is 38.6 Å². The molecule has 1 heterocycles. The van der Waals surface area contributed by atoms with Gasteiger partial charge in [-0.15, -0.1) is 0 Å². The van der Waals surface area contributed by atoms with Crippen molar-refractivity contribution in [2.45, 2.75) is 0 Å². The number of fused-ring (bicyclic) bond motifs is 5. The van der Waals surface area contributed by atoms with E-state index in [-0.39, 0.29) is 0 Å². The van der Waals surface area contributed by atoms with Crippen LogP contribution in [0.3, 0.4) is 0 Å². The van der Waals surface area contributed by atoms with E-state index in [1.165, 1.54) is 26.9 Å². The lowest BCUT2D eigenvalue weighted by atomic mass is 9.96. The molecule has 122 valence electrons. The summed E-state index contributed by atoms with van der Waals surface area (Å²) in [6, 6.07) is 27.8. The number of hydrogen-bond acceptors (Lipinski definition) is 1.